The van der Waals surface area contributed by atoms with E-state index in [1.807, 2.05) is 60.7 Å². The largest absolute Gasteiger partial charge is 0.339 e. The molecule has 1 heterocycles. The molecule has 0 atom stereocenters. The Morgan fingerprint density at radius 1 is 1.04 bits per heavy atom. The van der Waals surface area contributed by atoms with E-state index in [4.69, 9.17) is 4.52 Å². The Balaban J connectivity index is 1.89. The number of rotatable bonds is 7. The molecule has 0 bridgehead atoms. The third-order valence-corrected chi connectivity index (χ3v) is 3.54. The molecular weight excluding hydrogens is 300 g/mol. The average Bonchev–Trinajstić information content (AvgIpc) is 3.11. The van der Waals surface area contributed by atoms with Crippen LogP contribution in [0, 0.1) is 0 Å². The van der Waals surface area contributed by atoms with Crippen molar-refractivity contribution in [3.8, 4) is 0 Å². The monoisotopic (exact) mass is 320 g/mol. The lowest BCUT2D eigenvalue weighted by Crippen LogP contribution is -2.08. The van der Waals surface area contributed by atoms with Gasteiger partial charge in [0, 0.05) is 12.0 Å². The minimum Gasteiger partial charge on any atom is -0.339 e. The highest BCUT2D eigenvalue weighted by molar-refractivity contribution is 6.10. The van der Waals surface area contributed by atoms with E-state index >= 15 is 0 Å². The maximum Gasteiger partial charge on any atom is 0.227 e. The van der Waals surface area contributed by atoms with E-state index in [9.17, 15) is 0 Å². The topological polar surface area (TPSA) is 63.3 Å². The molecule has 3 rings (SSSR count). The van der Waals surface area contributed by atoms with Crippen LogP contribution in [0.2, 0.25) is 0 Å². The van der Waals surface area contributed by atoms with Crippen molar-refractivity contribution in [1.29, 1.82) is 0 Å². The number of nitrogens with zero attached hydrogens (tertiary/aromatic N) is 3. The number of aryl methyl sites for hydroxylation is 1. The molecule has 0 aliphatic rings. The minimum absolute atomic E-state index is 0.496. The second kappa shape index (κ2) is 8.06. The van der Waals surface area contributed by atoms with E-state index in [-0.39, 0.29) is 0 Å². The lowest BCUT2D eigenvalue weighted by molar-refractivity contribution is 0.373. The highest BCUT2D eigenvalue weighted by atomic mass is 16.5. The Labute approximate surface area is 141 Å². The average molecular weight is 320 g/mol. The van der Waals surface area contributed by atoms with Crippen LogP contribution in [0.15, 0.2) is 70.3 Å². The maximum absolute atomic E-state index is 5.35. The summed E-state index contributed by atoms with van der Waals surface area (Å²) in [5, 5.41) is 8.61. The predicted molar refractivity (Wildman–Crippen MR) is 95.1 cm³/mol. The van der Waals surface area contributed by atoms with Crippen molar-refractivity contribution < 1.29 is 4.52 Å². The van der Waals surface area contributed by atoms with Crippen molar-refractivity contribution in [2.24, 2.45) is 5.10 Å². The molecular formula is C19H20N4O. The number of benzene rings is 2. The number of hydrazone groups is 1. The first-order chi connectivity index (χ1) is 11.9. The number of para-hydroxylation sites is 1. The Morgan fingerprint density at radius 2 is 1.75 bits per heavy atom. The van der Waals surface area contributed by atoms with Gasteiger partial charge in [-0.1, -0.05) is 67.0 Å². The summed E-state index contributed by atoms with van der Waals surface area (Å²) in [7, 11) is 0. The van der Waals surface area contributed by atoms with Gasteiger partial charge in [0.2, 0.25) is 11.7 Å². The SMILES string of the molecule is CCCCc1nc(/C(=N\Nc2ccccc2)c2ccccc2)no1. The van der Waals surface area contributed by atoms with Gasteiger partial charge >= 0.3 is 0 Å². The van der Waals surface area contributed by atoms with Crippen molar-refractivity contribution in [1.82, 2.24) is 10.1 Å². The van der Waals surface area contributed by atoms with Gasteiger partial charge in [0.15, 0.2) is 0 Å². The predicted octanol–water partition coefficient (Wildman–Crippen LogP) is 4.28. The maximum atomic E-state index is 5.35. The molecule has 0 amide bonds. The summed E-state index contributed by atoms with van der Waals surface area (Å²) in [5.41, 5.74) is 5.56. The quantitative estimate of drug-likeness (QED) is 0.521. The first-order valence-electron chi connectivity index (χ1n) is 8.14. The number of nitrogens with one attached hydrogen (secondary N) is 1. The van der Waals surface area contributed by atoms with Crippen LogP contribution in [-0.2, 0) is 6.42 Å². The molecule has 0 fully saturated rings. The second-order valence-electron chi connectivity index (χ2n) is 5.42. The molecule has 0 aliphatic heterocycles. The Kier molecular flexibility index (Phi) is 5.35. The van der Waals surface area contributed by atoms with E-state index in [1.165, 1.54) is 0 Å². The fraction of sp³-hybridized carbons (Fsp3) is 0.211. The van der Waals surface area contributed by atoms with Gasteiger partial charge in [-0.3, -0.25) is 5.43 Å². The molecule has 122 valence electrons. The first-order valence-corrected chi connectivity index (χ1v) is 8.14. The smallest absolute Gasteiger partial charge is 0.227 e. The van der Waals surface area contributed by atoms with Crippen molar-refractivity contribution in [2.75, 3.05) is 5.43 Å². The van der Waals surface area contributed by atoms with Crippen LogP contribution in [0.4, 0.5) is 5.69 Å². The van der Waals surface area contributed by atoms with Crippen molar-refractivity contribution in [3.63, 3.8) is 0 Å². The van der Waals surface area contributed by atoms with E-state index in [0.29, 0.717) is 17.4 Å². The summed E-state index contributed by atoms with van der Waals surface area (Å²) in [6.07, 6.45) is 2.91. The number of aromatic nitrogens is 2. The first kappa shape index (κ1) is 15.9. The van der Waals surface area contributed by atoms with Gasteiger partial charge in [-0.25, -0.2) is 0 Å². The van der Waals surface area contributed by atoms with E-state index in [0.717, 1.165) is 30.5 Å². The molecule has 5 nitrogen and oxygen atoms in total. The molecule has 0 aliphatic carbocycles. The van der Waals surface area contributed by atoms with Crippen molar-refractivity contribution in [3.05, 3.63) is 77.9 Å². The van der Waals surface area contributed by atoms with Crippen LogP contribution in [0.3, 0.4) is 0 Å². The highest BCUT2D eigenvalue weighted by Gasteiger charge is 2.15. The standard InChI is InChI=1S/C19H20N4O/c1-2-3-14-17-20-19(23-24-17)18(15-10-6-4-7-11-15)22-21-16-12-8-5-9-13-16/h4-13,21H,2-3,14H2,1H3/b22-18-. The van der Waals surface area contributed by atoms with Crippen molar-refractivity contribution in [2.45, 2.75) is 26.2 Å². The molecule has 2 aromatic carbocycles. The number of hydrogen-bond donors (Lipinski definition) is 1. The summed E-state index contributed by atoms with van der Waals surface area (Å²) in [5.74, 6) is 1.14. The molecule has 3 aromatic rings. The molecule has 0 saturated heterocycles. The Hall–Kier alpha value is -2.95. The lowest BCUT2D eigenvalue weighted by Gasteiger charge is -2.04. The molecule has 0 radical (unpaired) electrons. The lowest BCUT2D eigenvalue weighted by atomic mass is 10.1. The van der Waals surface area contributed by atoms with Gasteiger partial charge < -0.3 is 4.52 Å². The Morgan fingerprint density at radius 3 is 2.46 bits per heavy atom. The number of hydrogen-bond acceptors (Lipinski definition) is 5. The van der Waals surface area contributed by atoms with Crippen LogP contribution < -0.4 is 5.43 Å². The summed E-state index contributed by atoms with van der Waals surface area (Å²) in [4.78, 5) is 4.49. The van der Waals surface area contributed by atoms with Crippen LogP contribution >= 0.6 is 0 Å². The zero-order valence-electron chi connectivity index (χ0n) is 13.6. The Bertz CT molecular complexity index is 781. The summed E-state index contributed by atoms with van der Waals surface area (Å²) < 4.78 is 5.35. The molecule has 24 heavy (non-hydrogen) atoms. The summed E-state index contributed by atoms with van der Waals surface area (Å²) in [6.45, 7) is 2.14. The van der Waals surface area contributed by atoms with Gasteiger partial charge in [0.1, 0.15) is 5.71 Å². The second-order valence-corrected chi connectivity index (χ2v) is 5.42. The zero-order chi connectivity index (χ0) is 16.6. The normalized spacial score (nSPS) is 11.5. The molecule has 5 heteroatoms. The molecule has 0 saturated carbocycles. The van der Waals surface area contributed by atoms with Crippen LogP contribution in [0.25, 0.3) is 0 Å². The highest BCUT2D eigenvalue weighted by Crippen LogP contribution is 2.12. The van der Waals surface area contributed by atoms with Gasteiger partial charge in [0.05, 0.1) is 5.69 Å². The summed E-state index contributed by atoms with van der Waals surface area (Å²) >= 11 is 0. The van der Waals surface area contributed by atoms with Crippen LogP contribution in [0.1, 0.15) is 37.0 Å². The fourth-order valence-electron chi connectivity index (χ4n) is 2.25. The molecule has 1 aromatic heterocycles. The zero-order valence-corrected chi connectivity index (χ0v) is 13.6. The van der Waals surface area contributed by atoms with E-state index in [2.05, 4.69) is 27.6 Å². The molecule has 0 spiro atoms. The van der Waals surface area contributed by atoms with Crippen LogP contribution in [0.5, 0.6) is 0 Å². The third kappa shape index (κ3) is 4.07. The minimum atomic E-state index is 0.496. The molecule has 1 N–H and O–H groups in total. The van der Waals surface area contributed by atoms with Gasteiger partial charge in [-0.2, -0.15) is 10.1 Å². The van der Waals surface area contributed by atoms with Gasteiger partial charge in [0.25, 0.3) is 0 Å². The van der Waals surface area contributed by atoms with Gasteiger partial charge in [-0.05, 0) is 18.6 Å². The van der Waals surface area contributed by atoms with E-state index in [1.54, 1.807) is 0 Å². The van der Waals surface area contributed by atoms with E-state index < -0.39 is 0 Å². The fourth-order valence-corrected chi connectivity index (χ4v) is 2.25. The number of unbranched alkanes of at least 4 members (excludes halogenated alkanes) is 1. The summed E-state index contributed by atoms with van der Waals surface area (Å²) in [6, 6.07) is 19.6. The van der Waals surface area contributed by atoms with Crippen molar-refractivity contribution >= 4 is 11.4 Å². The third-order valence-electron chi connectivity index (χ3n) is 3.54. The number of anilines is 1. The van der Waals surface area contributed by atoms with Crippen LogP contribution in [-0.4, -0.2) is 15.9 Å². The molecule has 0 unspecified atom stereocenters. The van der Waals surface area contributed by atoms with Gasteiger partial charge in [-0.15, -0.1) is 0 Å².